The van der Waals surface area contributed by atoms with Crippen molar-refractivity contribution in [2.24, 2.45) is 5.92 Å². The molecule has 8 heteroatoms. The lowest BCUT2D eigenvalue weighted by atomic mass is 10.0. The van der Waals surface area contributed by atoms with Crippen LogP contribution in [0.15, 0.2) is 0 Å². The van der Waals surface area contributed by atoms with Crippen LogP contribution in [0, 0.1) is 5.92 Å². The van der Waals surface area contributed by atoms with E-state index in [0.717, 1.165) is 0 Å². The van der Waals surface area contributed by atoms with Gasteiger partial charge in [-0.15, -0.1) is 0 Å². The molecule has 0 saturated carbocycles. The second-order valence-electron chi connectivity index (χ2n) is 5.04. The zero-order valence-electron chi connectivity index (χ0n) is 11.3. The summed E-state index contributed by atoms with van der Waals surface area (Å²) in [6.07, 6.45) is 0.493. The molecular weight excluding hydrogens is 272 g/mol. The molecule has 1 heterocycles. The molecule has 1 rings (SSSR count). The number of amides is 1. The second-order valence-corrected chi connectivity index (χ2v) is 7.08. The molecule has 19 heavy (non-hydrogen) atoms. The number of aliphatic carboxylic acids is 1. The van der Waals surface area contributed by atoms with E-state index in [2.05, 4.69) is 5.32 Å². The Bertz CT molecular complexity index is 460. The summed E-state index contributed by atoms with van der Waals surface area (Å²) < 4.78 is 24.9. The van der Waals surface area contributed by atoms with Gasteiger partial charge in [-0.1, -0.05) is 13.8 Å². The van der Waals surface area contributed by atoms with E-state index in [-0.39, 0.29) is 11.7 Å². The molecule has 0 aromatic rings. The molecule has 0 aromatic carbocycles. The highest BCUT2D eigenvalue weighted by Gasteiger charge is 2.40. The quantitative estimate of drug-likeness (QED) is 0.720. The molecular formula is C11H20N2O5S. The molecule has 1 fully saturated rings. The van der Waals surface area contributed by atoms with Gasteiger partial charge < -0.3 is 10.4 Å². The highest BCUT2D eigenvalue weighted by atomic mass is 32.2. The van der Waals surface area contributed by atoms with E-state index >= 15 is 0 Å². The van der Waals surface area contributed by atoms with E-state index in [0.29, 0.717) is 13.0 Å². The van der Waals surface area contributed by atoms with Crippen molar-refractivity contribution in [3.63, 3.8) is 0 Å². The summed E-state index contributed by atoms with van der Waals surface area (Å²) in [4.78, 5) is 22.8. The molecule has 0 aliphatic carbocycles. The van der Waals surface area contributed by atoms with Gasteiger partial charge in [0.1, 0.15) is 12.1 Å². The standard InChI is InChI=1S/C11H20N2O5S/c1-7(2)9(10(14)12-8(3)11(15)16)13-5-4-6-19(13,17)18/h7-9H,4-6H2,1-3H3,(H,12,14)(H,15,16)/t8-,9?/m1/s1. The van der Waals surface area contributed by atoms with Crippen molar-refractivity contribution in [2.75, 3.05) is 12.3 Å². The minimum atomic E-state index is -3.41. The largest absolute Gasteiger partial charge is 0.480 e. The molecule has 1 amide bonds. The van der Waals surface area contributed by atoms with Gasteiger partial charge in [0.15, 0.2) is 0 Å². The topological polar surface area (TPSA) is 104 Å². The molecule has 0 radical (unpaired) electrons. The third-order valence-corrected chi connectivity index (χ3v) is 5.01. The van der Waals surface area contributed by atoms with E-state index < -0.39 is 34.0 Å². The van der Waals surface area contributed by atoms with Gasteiger partial charge >= 0.3 is 5.97 Å². The van der Waals surface area contributed by atoms with Crippen molar-refractivity contribution in [3.8, 4) is 0 Å². The lowest BCUT2D eigenvalue weighted by Gasteiger charge is -2.29. The van der Waals surface area contributed by atoms with Crippen LogP contribution < -0.4 is 5.32 Å². The van der Waals surface area contributed by atoms with Crippen LogP contribution in [0.2, 0.25) is 0 Å². The highest BCUT2D eigenvalue weighted by molar-refractivity contribution is 7.89. The number of nitrogens with zero attached hydrogens (tertiary/aromatic N) is 1. The van der Waals surface area contributed by atoms with Gasteiger partial charge in [0.05, 0.1) is 5.75 Å². The smallest absolute Gasteiger partial charge is 0.325 e. The number of carbonyl (C=O) groups is 2. The number of hydrogen-bond acceptors (Lipinski definition) is 4. The SMILES string of the molecule is CC(C)C(C(=O)N[C@H](C)C(=O)O)N1CCCS1(=O)=O. The summed E-state index contributed by atoms with van der Waals surface area (Å²) in [5, 5.41) is 11.1. The second kappa shape index (κ2) is 5.87. The number of rotatable bonds is 5. The number of carboxylic acid groups (broad SMARTS) is 1. The molecule has 0 aromatic heterocycles. The van der Waals surface area contributed by atoms with Gasteiger partial charge in [-0.25, -0.2) is 8.42 Å². The first-order valence-corrected chi connectivity index (χ1v) is 7.80. The monoisotopic (exact) mass is 292 g/mol. The summed E-state index contributed by atoms with van der Waals surface area (Å²) in [6, 6.07) is -1.90. The molecule has 7 nitrogen and oxygen atoms in total. The zero-order chi connectivity index (χ0) is 14.8. The van der Waals surface area contributed by atoms with Gasteiger partial charge in [0.25, 0.3) is 0 Å². The number of carbonyl (C=O) groups excluding carboxylic acids is 1. The van der Waals surface area contributed by atoms with Gasteiger partial charge in [-0.2, -0.15) is 4.31 Å². The predicted molar refractivity (Wildman–Crippen MR) is 69.0 cm³/mol. The average Bonchev–Trinajstić information content (AvgIpc) is 2.58. The fraction of sp³-hybridized carbons (Fsp3) is 0.818. The maximum absolute atomic E-state index is 12.1. The maximum atomic E-state index is 12.1. The summed E-state index contributed by atoms with van der Waals surface area (Å²) in [5.41, 5.74) is 0. The van der Waals surface area contributed by atoms with Crippen molar-refractivity contribution in [1.82, 2.24) is 9.62 Å². The van der Waals surface area contributed by atoms with Gasteiger partial charge in [0.2, 0.25) is 15.9 Å². The predicted octanol–water partition coefficient (Wildman–Crippen LogP) is -0.364. The van der Waals surface area contributed by atoms with E-state index in [1.165, 1.54) is 11.2 Å². The number of sulfonamides is 1. The van der Waals surface area contributed by atoms with Crippen molar-refractivity contribution >= 4 is 21.9 Å². The van der Waals surface area contributed by atoms with Crippen LogP contribution in [0.4, 0.5) is 0 Å². The Morgan fingerprint density at radius 3 is 2.21 bits per heavy atom. The Balaban J connectivity index is 2.90. The van der Waals surface area contributed by atoms with Gasteiger partial charge in [0, 0.05) is 6.54 Å². The summed E-state index contributed by atoms with van der Waals surface area (Å²) in [5.74, 6) is -1.90. The molecule has 1 aliphatic heterocycles. The molecule has 1 saturated heterocycles. The normalized spacial score (nSPS) is 22.1. The van der Waals surface area contributed by atoms with Crippen molar-refractivity contribution in [3.05, 3.63) is 0 Å². The minimum Gasteiger partial charge on any atom is -0.480 e. The Kier molecular flexibility index (Phi) is 4.92. The average molecular weight is 292 g/mol. The fourth-order valence-corrected chi connectivity index (χ4v) is 3.92. The molecule has 0 spiro atoms. The number of nitrogens with one attached hydrogen (secondary N) is 1. The van der Waals surface area contributed by atoms with Crippen LogP contribution in [0.25, 0.3) is 0 Å². The van der Waals surface area contributed by atoms with Crippen LogP contribution in [-0.4, -0.2) is 54.1 Å². The highest BCUT2D eigenvalue weighted by Crippen LogP contribution is 2.22. The lowest BCUT2D eigenvalue weighted by molar-refractivity contribution is -0.142. The van der Waals surface area contributed by atoms with Crippen LogP contribution in [0.1, 0.15) is 27.2 Å². The van der Waals surface area contributed by atoms with E-state index in [4.69, 9.17) is 5.11 Å². The Hall–Kier alpha value is -1.15. The van der Waals surface area contributed by atoms with Crippen molar-refractivity contribution < 1.29 is 23.1 Å². The third-order valence-electron chi connectivity index (χ3n) is 3.08. The molecule has 2 atom stereocenters. The van der Waals surface area contributed by atoms with Crippen molar-refractivity contribution in [1.29, 1.82) is 0 Å². The summed E-state index contributed by atoms with van der Waals surface area (Å²) in [6.45, 7) is 5.13. The summed E-state index contributed by atoms with van der Waals surface area (Å²) >= 11 is 0. The van der Waals surface area contributed by atoms with Crippen LogP contribution >= 0.6 is 0 Å². The van der Waals surface area contributed by atoms with E-state index in [1.54, 1.807) is 13.8 Å². The minimum absolute atomic E-state index is 0.0397. The van der Waals surface area contributed by atoms with Crippen molar-refractivity contribution in [2.45, 2.75) is 39.3 Å². The first-order chi connectivity index (χ1) is 8.66. The first-order valence-electron chi connectivity index (χ1n) is 6.19. The molecule has 110 valence electrons. The maximum Gasteiger partial charge on any atom is 0.325 e. The van der Waals surface area contributed by atoms with E-state index in [1.807, 2.05) is 0 Å². The van der Waals surface area contributed by atoms with Crippen LogP contribution in [-0.2, 0) is 19.6 Å². The van der Waals surface area contributed by atoms with Crippen LogP contribution in [0.5, 0.6) is 0 Å². The lowest BCUT2D eigenvalue weighted by Crippen LogP contribution is -2.53. The molecule has 1 unspecified atom stereocenters. The first kappa shape index (κ1) is 15.9. The van der Waals surface area contributed by atoms with E-state index in [9.17, 15) is 18.0 Å². The number of hydrogen-bond donors (Lipinski definition) is 2. The van der Waals surface area contributed by atoms with Crippen LogP contribution in [0.3, 0.4) is 0 Å². The molecule has 0 bridgehead atoms. The summed E-state index contributed by atoms with van der Waals surface area (Å²) in [7, 11) is -3.41. The Labute approximate surface area is 113 Å². The van der Waals surface area contributed by atoms with Gasteiger partial charge in [-0.05, 0) is 19.3 Å². The Morgan fingerprint density at radius 2 is 1.84 bits per heavy atom. The fourth-order valence-electron chi connectivity index (χ4n) is 2.10. The molecule has 2 N–H and O–H groups in total. The van der Waals surface area contributed by atoms with Gasteiger partial charge in [-0.3, -0.25) is 9.59 Å². The third kappa shape index (κ3) is 3.66. The Morgan fingerprint density at radius 1 is 1.26 bits per heavy atom. The molecule has 1 aliphatic rings. The number of carboxylic acids is 1. The zero-order valence-corrected chi connectivity index (χ0v) is 12.1.